The van der Waals surface area contributed by atoms with E-state index in [0.717, 1.165) is 34.0 Å². The molecule has 3 aromatic carbocycles. The van der Waals surface area contributed by atoms with Crippen LogP contribution in [0.1, 0.15) is 41.6 Å². The first-order chi connectivity index (χ1) is 21.2. The van der Waals surface area contributed by atoms with Crippen molar-refractivity contribution in [3.05, 3.63) is 76.8 Å². The minimum absolute atomic E-state index is 0. The zero-order valence-electron chi connectivity index (χ0n) is 25.4. The van der Waals surface area contributed by atoms with Crippen LogP contribution in [-0.4, -0.2) is 74.4 Å². The Kier molecular flexibility index (Phi) is 10.1. The number of methoxy groups -OCH3 is 1. The van der Waals surface area contributed by atoms with E-state index in [2.05, 4.69) is 24.7 Å². The van der Waals surface area contributed by atoms with Crippen LogP contribution >= 0.6 is 11.6 Å². The van der Waals surface area contributed by atoms with Crippen molar-refractivity contribution in [3.63, 3.8) is 0 Å². The smallest absolute Gasteiger partial charge is 0.411 e. The number of benzene rings is 3. The van der Waals surface area contributed by atoms with Crippen LogP contribution in [0.15, 0.2) is 60.7 Å². The van der Waals surface area contributed by atoms with E-state index >= 15 is 0 Å². The van der Waals surface area contributed by atoms with Crippen molar-refractivity contribution in [3.8, 4) is 16.9 Å². The van der Waals surface area contributed by atoms with Crippen LogP contribution in [0.25, 0.3) is 11.1 Å². The molecule has 3 heterocycles. The fraction of sp³-hybridized carbons (Fsp3) is 0.382. The summed E-state index contributed by atoms with van der Waals surface area (Å²) in [6, 6.07) is 19.6. The second-order valence-electron chi connectivity index (χ2n) is 12.3. The Morgan fingerprint density at radius 3 is 2.38 bits per heavy atom. The Morgan fingerprint density at radius 1 is 1.00 bits per heavy atom. The summed E-state index contributed by atoms with van der Waals surface area (Å²) in [6.45, 7) is 0. The van der Waals surface area contributed by atoms with Crippen LogP contribution in [0.2, 0.25) is 5.02 Å². The molecule has 238 valence electrons. The summed E-state index contributed by atoms with van der Waals surface area (Å²) in [6.07, 6.45) is 3.67. The van der Waals surface area contributed by atoms with Crippen molar-refractivity contribution in [1.29, 1.82) is 0 Å². The number of halogens is 2. The zero-order chi connectivity index (χ0) is 31.0. The molecule has 3 aromatic rings. The first-order valence-corrected chi connectivity index (χ1v) is 15.3. The predicted octanol–water partition coefficient (Wildman–Crippen LogP) is 3.10. The van der Waals surface area contributed by atoms with Gasteiger partial charge in [-0.2, -0.15) is 0 Å². The Hall–Kier alpha value is -3.19. The molecule has 11 heteroatoms. The monoisotopic (exact) mass is 745 g/mol. The van der Waals surface area contributed by atoms with Gasteiger partial charge in [-0.05, 0) is 36.1 Å². The number of aldehydes is 1. The van der Waals surface area contributed by atoms with Gasteiger partial charge < -0.3 is 48.0 Å². The molecule has 2 amide bonds. The number of epoxide rings is 1. The number of fused-ring (bicyclic) bond motifs is 5. The standard InChI is InChI=1S/C34H36ClN3O6.HI/c1-38(2)28-16-23(17-29(38)33-32(28)44-33)43-34(41)37-26-14-20(12-13-24(26)21-9-5-4-6-10-21)8-7-11-31(40)36-27-18-30(42-3)22(19-39)15-25(27)35;/h4-6,9-10,12-15,18-19,23,28-29,32-33H,7-8,11,16-17H2,1-3H3,(H-,36,37,39,40,41);1H/t23-,28-,29+,32-,33+;. The van der Waals surface area contributed by atoms with Gasteiger partial charge in [0, 0.05) is 30.9 Å². The predicted molar refractivity (Wildman–Crippen MR) is 168 cm³/mol. The summed E-state index contributed by atoms with van der Waals surface area (Å²) in [5, 5.41) is 6.08. The van der Waals surface area contributed by atoms with Crippen molar-refractivity contribution in [2.45, 2.75) is 62.5 Å². The number of carbonyl (C=O) groups is 3. The fourth-order valence-corrected chi connectivity index (χ4v) is 7.13. The molecule has 0 radical (unpaired) electrons. The van der Waals surface area contributed by atoms with Crippen molar-refractivity contribution in [1.82, 2.24) is 0 Å². The maximum atomic E-state index is 13.2. The number of nitrogens with zero attached hydrogens (tertiary/aromatic N) is 1. The highest BCUT2D eigenvalue weighted by atomic mass is 127. The number of piperidine rings is 1. The maximum absolute atomic E-state index is 13.2. The van der Waals surface area contributed by atoms with Gasteiger partial charge in [-0.1, -0.05) is 54.1 Å². The van der Waals surface area contributed by atoms with Crippen molar-refractivity contribution >= 4 is 41.3 Å². The van der Waals surface area contributed by atoms with Gasteiger partial charge in [0.1, 0.15) is 36.1 Å². The third-order valence-corrected chi connectivity index (χ3v) is 9.62. The summed E-state index contributed by atoms with van der Waals surface area (Å²) in [5.41, 5.74) is 4.21. The Balaban J connectivity index is 0.00000400. The topological polar surface area (TPSA) is 106 Å². The molecule has 2 N–H and O–H groups in total. The van der Waals surface area contributed by atoms with Crippen LogP contribution in [0.4, 0.5) is 16.2 Å². The average molecular weight is 746 g/mol. The lowest BCUT2D eigenvalue weighted by Gasteiger charge is -2.45. The molecule has 6 rings (SSSR count). The number of quaternary nitrogens is 1. The molecule has 0 spiro atoms. The van der Waals surface area contributed by atoms with E-state index in [1.165, 1.54) is 19.2 Å². The molecule has 3 aliphatic heterocycles. The van der Waals surface area contributed by atoms with Crippen LogP contribution in [0.3, 0.4) is 0 Å². The van der Waals surface area contributed by atoms with Gasteiger partial charge in [0.05, 0.1) is 43.2 Å². The van der Waals surface area contributed by atoms with Crippen LogP contribution < -0.4 is 39.3 Å². The number of hydrogen-bond donors (Lipinski definition) is 2. The molecule has 2 bridgehead atoms. The summed E-state index contributed by atoms with van der Waals surface area (Å²) >= 11 is 6.25. The van der Waals surface area contributed by atoms with Gasteiger partial charge in [-0.25, -0.2) is 4.79 Å². The number of amides is 2. The highest BCUT2D eigenvalue weighted by molar-refractivity contribution is 6.34. The largest absolute Gasteiger partial charge is 1.00 e. The highest BCUT2D eigenvalue weighted by Gasteiger charge is 2.70. The van der Waals surface area contributed by atoms with Gasteiger partial charge in [0.2, 0.25) is 5.91 Å². The van der Waals surface area contributed by atoms with Crippen molar-refractivity contribution < 1.29 is 57.1 Å². The van der Waals surface area contributed by atoms with E-state index < -0.39 is 6.09 Å². The minimum atomic E-state index is -0.460. The van der Waals surface area contributed by atoms with Gasteiger partial charge in [-0.15, -0.1) is 0 Å². The Labute approximate surface area is 285 Å². The lowest BCUT2D eigenvalue weighted by molar-refractivity contribution is -0.938. The van der Waals surface area contributed by atoms with Crippen molar-refractivity contribution in [2.24, 2.45) is 0 Å². The lowest BCUT2D eigenvalue weighted by Crippen LogP contribution is -3.00. The molecular weight excluding hydrogens is 709 g/mol. The molecule has 0 aliphatic carbocycles. The molecule has 5 atom stereocenters. The van der Waals surface area contributed by atoms with Gasteiger partial charge in [0.15, 0.2) is 6.29 Å². The van der Waals surface area contributed by atoms with Crippen LogP contribution in [0, 0.1) is 0 Å². The molecule has 0 saturated carbocycles. The first-order valence-electron chi connectivity index (χ1n) is 14.9. The maximum Gasteiger partial charge on any atom is 0.411 e. The molecule has 0 aromatic heterocycles. The molecule has 3 fully saturated rings. The number of ether oxygens (including phenoxy) is 3. The third-order valence-electron chi connectivity index (χ3n) is 9.31. The second-order valence-corrected chi connectivity index (χ2v) is 12.7. The number of anilines is 2. The molecule has 45 heavy (non-hydrogen) atoms. The van der Waals surface area contributed by atoms with E-state index in [1.807, 2.05) is 48.5 Å². The van der Waals surface area contributed by atoms with Crippen molar-refractivity contribution in [2.75, 3.05) is 31.8 Å². The molecule has 3 aliphatic rings. The van der Waals surface area contributed by atoms with Gasteiger partial charge >= 0.3 is 6.09 Å². The second kappa shape index (κ2) is 13.7. The van der Waals surface area contributed by atoms with Crippen LogP contribution in [0.5, 0.6) is 5.75 Å². The number of morpholine rings is 1. The third kappa shape index (κ3) is 6.98. The Morgan fingerprint density at radius 2 is 1.71 bits per heavy atom. The van der Waals surface area contributed by atoms with Gasteiger partial charge in [0.25, 0.3) is 0 Å². The summed E-state index contributed by atoms with van der Waals surface area (Å²) in [4.78, 5) is 37.1. The SMILES string of the molecule is COc1cc(NC(=O)CCCc2ccc(-c3ccccc3)c(NC(=O)O[C@@H]3C[C@@H]4[C@H]5O[C@H]5[C@H](C3)[N+]4(C)C)c2)c(Cl)cc1C=O.[I-]. The number of likely N-dealkylation sites (N-methyl/N-ethyl adjacent to an activating group) is 1. The van der Waals surface area contributed by atoms with E-state index in [-0.39, 0.29) is 59.6 Å². The quantitative estimate of drug-likeness (QED) is 0.143. The number of aryl methyl sites for hydroxylation is 1. The highest BCUT2D eigenvalue weighted by Crippen LogP contribution is 2.51. The van der Waals surface area contributed by atoms with E-state index in [4.69, 9.17) is 25.8 Å². The zero-order valence-corrected chi connectivity index (χ0v) is 28.3. The van der Waals surface area contributed by atoms with Gasteiger partial charge in [-0.3, -0.25) is 14.9 Å². The summed E-state index contributed by atoms with van der Waals surface area (Å²) in [5.74, 6) is 0.128. The lowest BCUT2D eigenvalue weighted by atomic mass is 9.96. The minimum Gasteiger partial charge on any atom is -1.00 e. The average Bonchev–Trinajstić information content (AvgIpc) is 3.77. The first kappa shape index (κ1) is 33.2. The fourth-order valence-electron chi connectivity index (χ4n) is 6.91. The molecule has 3 saturated heterocycles. The summed E-state index contributed by atoms with van der Waals surface area (Å²) < 4.78 is 18.0. The normalized spacial score (nSPS) is 23.6. The molecule has 9 nitrogen and oxygen atoms in total. The Bertz CT molecular complexity index is 1570. The number of hydrogen-bond acceptors (Lipinski definition) is 6. The number of nitrogens with one attached hydrogen (secondary N) is 2. The van der Waals surface area contributed by atoms with E-state index in [9.17, 15) is 14.4 Å². The van der Waals surface area contributed by atoms with E-state index in [0.29, 0.717) is 53.9 Å². The number of carbonyl (C=O) groups excluding carboxylic acids is 3. The molecular formula is C34H37ClIN3O6. The summed E-state index contributed by atoms with van der Waals surface area (Å²) in [7, 11) is 5.95. The molecule has 0 unspecified atom stereocenters. The van der Waals surface area contributed by atoms with E-state index in [1.54, 1.807) is 0 Å². The van der Waals surface area contributed by atoms with Crippen LogP contribution in [-0.2, 0) is 20.7 Å². The number of rotatable bonds is 10.